The number of aryl methyl sites for hydroxylation is 1. The van der Waals surface area contributed by atoms with Crippen molar-refractivity contribution < 1.29 is 13.2 Å². The van der Waals surface area contributed by atoms with Gasteiger partial charge in [-0.3, -0.25) is 4.79 Å². The molecule has 0 aliphatic heterocycles. The van der Waals surface area contributed by atoms with Gasteiger partial charge in [0.05, 0.1) is 15.5 Å². The molecule has 8 heteroatoms. The van der Waals surface area contributed by atoms with Gasteiger partial charge in [-0.1, -0.05) is 31.9 Å². The number of nitrogens with zero attached hydrogens (tertiary/aromatic N) is 1. The topological polar surface area (TPSA) is 102 Å². The van der Waals surface area contributed by atoms with E-state index in [1.54, 1.807) is 19.2 Å². The quantitative estimate of drug-likeness (QED) is 0.734. The summed E-state index contributed by atoms with van der Waals surface area (Å²) in [7, 11) is -2.15. The Balaban J connectivity index is 2.39. The molecule has 2 aromatic rings. The molecule has 0 radical (unpaired) electrons. The molecule has 1 heterocycles. The Kier molecular flexibility index (Phi) is 6.09. The Hall–Kier alpha value is -1.77. The second kappa shape index (κ2) is 7.87. The molecule has 0 fully saturated rings. The van der Waals surface area contributed by atoms with Gasteiger partial charge in [0, 0.05) is 7.05 Å². The summed E-state index contributed by atoms with van der Waals surface area (Å²) in [4.78, 5) is 17.3. The third-order valence-corrected chi connectivity index (χ3v) is 5.66. The highest BCUT2D eigenvalue weighted by Crippen LogP contribution is 2.32. The predicted octanol–water partition coefficient (Wildman–Crippen LogP) is 2.55. The van der Waals surface area contributed by atoms with Gasteiger partial charge >= 0.3 is 0 Å². The monoisotopic (exact) mass is 367 g/mol. The van der Waals surface area contributed by atoms with Crippen LogP contribution in [0.25, 0.3) is 10.4 Å². The fourth-order valence-corrected chi connectivity index (χ4v) is 3.87. The Labute approximate surface area is 146 Å². The Bertz CT molecular complexity index is 812. The molecule has 1 amide bonds. The molecule has 3 N–H and O–H groups in total. The molecule has 0 aliphatic rings. The molecule has 1 aromatic carbocycles. The van der Waals surface area contributed by atoms with E-state index >= 15 is 0 Å². The van der Waals surface area contributed by atoms with E-state index in [0.29, 0.717) is 5.01 Å². The average molecular weight is 367 g/mol. The lowest BCUT2D eigenvalue weighted by atomic mass is 10.1. The maximum absolute atomic E-state index is 11.9. The van der Waals surface area contributed by atoms with E-state index in [1.165, 1.54) is 23.5 Å². The first-order valence-corrected chi connectivity index (χ1v) is 10.1. The second-order valence-corrected chi connectivity index (χ2v) is 7.96. The van der Waals surface area contributed by atoms with E-state index < -0.39 is 10.0 Å². The molecule has 0 spiro atoms. The number of thiazole rings is 1. The van der Waals surface area contributed by atoms with Crippen LogP contribution in [0.1, 0.15) is 41.7 Å². The number of unbranched alkanes of at least 4 members (excludes halogenated alkanes) is 2. The minimum Gasteiger partial charge on any atom is -0.353 e. The summed E-state index contributed by atoms with van der Waals surface area (Å²) >= 11 is 1.31. The summed E-state index contributed by atoms with van der Waals surface area (Å²) in [5.74, 6) is -0.218. The number of rotatable bonds is 7. The van der Waals surface area contributed by atoms with E-state index in [1.807, 2.05) is 0 Å². The van der Waals surface area contributed by atoms with Crippen LogP contribution in [0.3, 0.4) is 0 Å². The van der Waals surface area contributed by atoms with Gasteiger partial charge in [0.2, 0.25) is 10.0 Å². The van der Waals surface area contributed by atoms with Gasteiger partial charge in [-0.15, -0.1) is 11.3 Å². The van der Waals surface area contributed by atoms with Crippen molar-refractivity contribution in [1.29, 1.82) is 0 Å². The first-order chi connectivity index (χ1) is 11.4. The van der Waals surface area contributed by atoms with Crippen molar-refractivity contribution in [3.8, 4) is 10.4 Å². The third-order valence-electron chi connectivity index (χ3n) is 3.58. The number of hydrogen-bond donors (Lipinski definition) is 2. The first-order valence-electron chi connectivity index (χ1n) is 7.71. The molecule has 2 rings (SSSR count). The summed E-state index contributed by atoms with van der Waals surface area (Å²) in [5, 5.41) is 8.12. The number of nitrogens with one attached hydrogen (secondary N) is 1. The Morgan fingerprint density at radius 1 is 1.25 bits per heavy atom. The van der Waals surface area contributed by atoms with Crippen LogP contribution in [0.2, 0.25) is 0 Å². The molecule has 24 heavy (non-hydrogen) atoms. The van der Waals surface area contributed by atoms with Crippen molar-refractivity contribution in [3.05, 3.63) is 35.0 Å². The molecular formula is C16H21N3O3S2. The zero-order valence-electron chi connectivity index (χ0n) is 13.7. The average Bonchev–Trinajstić information content (AvgIpc) is 2.98. The molecule has 6 nitrogen and oxygen atoms in total. The number of amides is 1. The van der Waals surface area contributed by atoms with Crippen molar-refractivity contribution in [2.45, 2.75) is 37.5 Å². The van der Waals surface area contributed by atoms with Gasteiger partial charge in [0.1, 0.15) is 0 Å². The Morgan fingerprint density at radius 3 is 2.46 bits per heavy atom. The van der Waals surface area contributed by atoms with Gasteiger partial charge < -0.3 is 5.32 Å². The van der Waals surface area contributed by atoms with Crippen molar-refractivity contribution in [3.63, 3.8) is 0 Å². The van der Waals surface area contributed by atoms with Crippen LogP contribution in [0, 0.1) is 0 Å². The number of hydrogen-bond acceptors (Lipinski definition) is 5. The normalized spacial score (nSPS) is 11.5. The van der Waals surface area contributed by atoms with E-state index in [-0.39, 0.29) is 10.8 Å². The van der Waals surface area contributed by atoms with Crippen LogP contribution in [0.15, 0.2) is 29.2 Å². The number of primary sulfonamides is 1. The molecule has 0 unspecified atom stereocenters. The van der Waals surface area contributed by atoms with Gasteiger partial charge in [-0.2, -0.15) is 0 Å². The number of carbonyl (C=O) groups is 1. The highest BCUT2D eigenvalue weighted by atomic mass is 32.2. The summed E-state index contributed by atoms with van der Waals surface area (Å²) in [6.45, 7) is 2.13. The molecule has 130 valence electrons. The largest absolute Gasteiger partial charge is 0.353 e. The number of sulfonamides is 1. The van der Waals surface area contributed by atoms with E-state index in [2.05, 4.69) is 17.2 Å². The van der Waals surface area contributed by atoms with Gasteiger partial charge in [0.25, 0.3) is 5.91 Å². The minimum atomic E-state index is -3.72. The first kappa shape index (κ1) is 18.6. The highest BCUT2D eigenvalue weighted by Gasteiger charge is 2.17. The van der Waals surface area contributed by atoms with E-state index in [9.17, 15) is 13.2 Å². The van der Waals surface area contributed by atoms with Crippen molar-refractivity contribution in [2.75, 3.05) is 7.05 Å². The van der Waals surface area contributed by atoms with E-state index in [0.717, 1.165) is 41.8 Å². The highest BCUT2D eigenvalue weighted by molar-refractivity contribution is 7.89. The summed E-state index contributed by atoms with van der Waals surface area (Å²) in [5.41, 5.74) is 1.71. The fraction of sp³-hybridized carbons (Fsp3) is 0.375. The minimum absolute atomic E-state index is 0.0647. The van der Waals surface area contributed by atoms with Gasteiger partial charge in [-0.05, 0) is 30.5 Å². The summed E-state index contributed by atoms with van der Waals surface area (Å²) in [6.07, 6.45) is 3.98. The van der Waals surface area contributed by atoms with Crippen molar-refractivity contribution >= 4 is 27.3 Å². The van der Waals surface area contributed by atoms with Crippen LogP contribution in [0.4, 0.5) is 0 Å². The molecular weight excluding hydrogens is 346 g/mol. The number of carbonyl (C=O) groups excluding carboxylic acids is 1. The maximum atomic E-state index is 11.9. The lowest BCUT2D eigenvalue weighted by molar-refractivity contribution is 0.0962. The lowest BCUT2D eigenvalue weighted by Gasteiger charge is -2.04. The number of aromatic nitrogens is 1. The second-order valence-electron chi connectivity index (χ2n) is 5.40. The smallest absolute Gasteiger partial charge is 0.280 e. The number of benzene rings is 1. The van der Waals surface area contributed by atoms with Crippen molar-refractivity contribution in [2.24, 2.45) is 5.14 Å². The summed E-state index contributed by atoms with van der Waals surface area (Å²) in [6, 6.07) is 6.34. The van der Waals surface area contributed by atoms with Crippen LogP contribution in [0.5, 0.6) is 0 Å². The van der Waals surface area contributed by atoms with Gasteiger partial charge in [0.15, 0.2) is 5.01 Å². The maximum Gasteiger partial charge on any atom is 0.280 e. The van der Waals surface area contributed by atoms with Crippen LogP contribution in [-0.2, 0) is 16.4 Å². The molecule has 1 aromatic heterocycles. The molecule has 0 bridgehead atoms. The van der Waals surface area contributed by atoms with Gasteiger partial charge in [-0.25, -0.2) is 18.5 Å². The summed E-state index contributed by atoms with van der Waals surface area (Å²) < 4.78 is 22.7. The molecule has 0 aliphatic carbocycles. The third kappa shape index (κ3) is 4.40. The fourth-order valence-electron chi connectivity index (χ4n) is 2.29. The van der Waals surface area contributed by atoms with Crippen molar-refractivity contribution in [1.82, 2.24) is 10.3 Å². The lowest BCUT2D eigenvalue weighted by Crippen LogP contribution is -2.17. The zero-order valence-corrected chi connectivity index (χ0v) is 15.3. The SMILES string of the molecule is CCCCCc1nc(C(=O)NC)sc1-c1ccc(S(N)(=O)=O)cc1. The molecule has 0 atom stereocenters. The predicted molar refractivity (Wildman–Crippen MR) is 95.5 cm³/mol. The zero-order chi connectivity index (χ0) is 17.7. The Morgan fingerprint density at radius 2 is 1.92 bits per heavy atom. The molecule has 0 saturated carbocycles. The molecule has 0 saturated heterocycles. The van der Waals surface area contributed by atoms with Crippen LogP contribution >= 0.6 is 11.3 Å². The number of nitrogens with two attached hydrogens (primary N) is 1. The van der Waals surface area contributed by atoms with E-state index in [4.69, 9.17) is 5.14 Å². The standard InChI is InChI=1S/C16H21N3O3S2/c1-3-4-5-6-13-14(23-16(19-13)15(20)18-2)11-7-9-12(10-8-11)24(17,21)22/h7-10H,3-6H2,1-2H3,(H,18,20)(H2,17,21,22). The van der Waals surface area contributed by atoms with Crippen LogP contribution < -0.4 is 10.5 Å². The van der Waals surface area contributed by atoms with Crippen LogP contribution in [-0.4, -0.2) is 26.4 Å².